The molecule has 234 valence electrons. The molecule has 3 N–H and O–H groups in total. The Morgan fingerprint density at radius 1 is 0.450 bits per heavy atom. The zero-order valence-electron chi connectivity index (χ0n) is 25.8. The highest BCUT2D eigenvalue weighted by Crippen LogP contribution is 2.17. The third-order valence-electron chi connectivity index (χ3n) is 8.04. The van der Waals surface area contributed by atoms with Gasteiger partial charge < -0.3 is 19.8 Å². The first kappa shape index (κ1) is 38.1. The number of carbonyl (C=O) groups is 3. The van der Waals surface area contributed by atoms with E-state index < -0.39 is 17.9 Å². The fourth-order valence-corrected chi connectivity index (χ4v) is 5.42. The minimum Gasteiger partial charge on any atom is -0.481 e. The predicted octanol–water partition coefficient (Wildman–Crippen LogP) is 8.61. The Kier molecular flexibility index (Phi) is 26.0. The highest BCUT2D eigenvalue weighted by molar-refractivity contribution is 5.67. The first-order chi connectivity index (χ1) is 19.3. The van der Waals surface area contributed by atoms with Crippen molar-refractivity contribution < 1.29 is 34.2 Å². The average molecular weight is 569 g/mol. The van der Waals surface area contributed by atoms with Crippen molar-refractivity contribution in [1.29, 1.82) is 0 Å². The van der Waals surface area contributed by atoms with Gasteiger partial charge in [-0.1, -0.05) is 115 Å². The van der Waals surface area contributed by atoms with Crippen LogP contribution in [-0.2, 0) is 14.4 Å². The SMILES string of the molecule is CCCCCCCCCCCCCCCCCC/C=C/CCCC[N+](CCC(=O)O)(CCC(=O)O)CCC(=O)O. The normalized spacial score (nSPS) is 11.8. The lowest BCUT2D eigenvalue weighted by Crippen LogP contribution is -2.52. The van der Waals surface area contributed by atoms with Crippen LogP contribution in [0.4, 0.5) is 0 Å². The van der Waals surface area contributed by atoms with E-state index in [0.29, 0.717) is 6.54 Å². The van der Waals surface area contributed by atoms with E-state index in [2.05, 4.69) is 19.1 Å². The summed E-state index contributed by atoms with van der Waals surface area (Å²) < 4.78 is 0.244. The van der Waals surface area contributed by atoms with Crippen molar-refractivity contribution in [1.82, 2.24) is 0 Å². The number of rotatable bonds is 31. The van der Waals surface area contributed by atoms with Gasteiger partial charge in [0.15, 0.2) is 0 Å². The Labute approximate surface area is 245 Å². The molecule has 0 atom stereocenters. The van der Waals surface area contributed by atoms with Gasteiger partial charge in [0.2, 0.25) is 0 Å². The zero-order valence-corrected chi connectivity index (χ0v) is 25.8. The number of carboxylic acids is 3. The van der Waals surface area contributed by atoms with Gasteiger partial charge in [-0.3, -0.25) is 14.4 Å². The van der Waals surface area contributed by atoms with Crippen LogP contribution in [0, 0.1) is 0 Å². The molecular weight excluding hydrogens is 506 g/mol. The molecule has 7 nitrogen and oxygen atoms in total. The molecule has 0 aromatic rings. The van der Waals surface area contributed by atoms with Crippen molar-refractivity contribution in [2.75, 3.05) is 26.2 Å². The maximum absolute atomic E-state index is 11.1. The molecule has 0 aromatic heterocycles. The van der Waals surface area contributed by atoms with Crippen LogP contribution >= 0.6 is 0 Å². The fraction of sp³-hybridized carbons (Fsp3) is 0.848. The standard InChI is InChI=1S/C33H61NO6/c1-2-3-4-5-6-7-8-9-10-11-12-13-14-15-16-17-18-19-20-21-22-23-27-34(28-24-31(35)36,29-25-32(37)38)30-26-33(39)40/h19-20H,2-18,21-30H2,1H3,(H2-,35,36,37,38,39,40)/p+1/b20-19+. The second-order valence-electron chi connectivity index (χ2n) is 11.7. The fourth-order valence-electron chi connectivity index (χ4n) is 5.42. The van der Waals surface area contributed by atoms with Crippen LogP contribution in [0.2, 0.25) is 0 Å². The van der Waals surface area contributed by atoms with E-state index in [1.807, 2.05) is 0 Å². The molecule has 0 aliphatic heterocycles. The summed E-state index contributed by atoms with van der Waals surface area (Å²) in [6, 6.07) is 0. The number of hydrogen-bond acceptors (Lipinski definition) is 3. The second kappa shape index (κ2) is 27.3. The molecule has 0 saturated carbocycles. The topological polar surface area (TPSA) is 112 Å². The lowest BCUT2D eigenvalue weighted by molar-refractivity contribution is -0.927. The van der Waals surface area contributed by atoms with E-state index >= 15 is 0 Å². The molecular formula is C33H62NO6+. The van der Waals surface area contributed by atoms with Gasteiger partial charge in [0.05, 0.1) is 45.4 Å². The zero-order chi connectivity index (χ0) is 29.7. The molecule has 0 rings (SSSR count). The first-order valence-electron chi connectivity index (χ1n) is 16.5. The third kappa shape index (κ3) is 26.3. The summed E-state index contributed by atoms with van der Waals surface area (Å²) in [5, 5.41) is 27.4. The largest absolute Gasteiger partial charge is 0.481 e. The Morgan fingerprint density at radius 2 is 0.750 bits per heavy atom. The van der Waals surface area contributed by atoms with Crippen LogP contribution < -0.4 is 0 Å². The molecule has 0 spiro atoms. The van der Waals surface area contributed by atoms with E-state index in [9.17, 15) is 14.4 Å². The minimum absolute atomic E-state index is 0.0849. The number of allylic oxidation sites excluding steroid dienone is 2. The maximum atomic E-state index is 11.1. The molecule has 0 fully saturated rings. The number of carboxylic acid groups (broad SMARTS) is 3. The van der Waals surface area contributed by atoms with E-state index in [0.717, 1.165) is 25.7 Å². The maximum Gasteiger partial charge on any atom is 0.309 e. The number of aliphatic carboxylic acids is 3. The van der Waals surface area contributed by atoms with Crippen molar-refractivity contribution in [3.05, 3.63) is 12.2 Å². The molecule has 0 amide bonds. The third-order valence-corrected chi connectivity index (χ3v) is 8.04. The van der Waals surface area contributed by atoms with Gasteiger partial charge in [-0.25, -0.2) is 0 Å². The van der Waals surface area contributed by atoms with Crippen LogP contribution in [0.25, 0.3) is 0 Å². The summed E-state index contributed by atoms with van der Waals surface area (Å²) >= 11 is 0. The predicted molar refractivity (Wildman–Crippen MR) is 164 cm³/mol. The number of nitrogens with zero attached hydrogens (tertiary/aromatic N) is 1. The van der Waals surface area contributed by atoms with Crippen molar-refractivity contribution in [3.8, 4) is 0 Å². The van der Waals surface area contributed by atoms with Gasteiger partial charge in [-0.05, 0) is 32.1 Å². The van der Waals surface area contributed by atoms with Crippen LogP contribution in [0.1, 0.15) is 155 Å². The molecule has 0 aliphatic rings. The number of quaternary nitrogens is 1. The first-order valence-corrected chi connectivity index (χ1v) is 16.5. The summed E-state index contributed by atoms with van der Waals surface area (Å²) in [4.78, 5) is 33.4. The Balaban J connectivity index is 3.87. The van der Waals surface area contributed by atoms with Crippen LogP contribution in [-0.4, -0.2) is 63.9 Å². The van der Waals surface area contributed by atoms with Crippen LogP contribution in [0.5, 0.6) is 0 Å². The van der Waals surface area contributed by atoms with E-state index in [1.165, 1.54) is 103 Å². The Bertz CT molecular complexity index is 618. The van der Waals surface area contributed by atoms with Crippen molar-refractivity contribution >= 4 is 17.9 Å². The summed E-state index contributed by atoms with van der Waals surface area (Å²) in [5.74, 6) is -2.82. The summed E-state index contributed by atoms with van der Waals surface area (Å²) in [6.07, 6.45) is 30.1. The van der Waals surface area contributed by atoms with Gasteiger partial charge in [0.25, 0.3) is 0 Å². The smallest absolute Gasteiger partial charge is 0.309 e. The second-order valence-corrected chi connectivity index (χ2v) is 11.7. The Hall–Kier alpha value is -1.89. The molecule has 7 heteroatoms. The summed E-state index contributed by atoms with van der Waals surface area (Å²) in [7, 11) is 0. The molecule has 0 heterocycles. The highest BCUT2D eigenvalue weighted by Gasteiger charge is 2.29. The van der Waals surface area contributed by atoms with Crippen LogP contribution in [0.15, 0.2) is 12.2 Å². The lowest BCUT2D eigenvalue weighted by Gasteiger charge is -2.38. The summed E-state index contributed by atoms with van der Waals surface area (Å²) in [5.41, 5.74) is 0. The molecule has 0 aromatic carbocycles. The molecule has 0 radical (unpaired) electrons. The molecule has 40 heavy (non-hydrogen) atoms. The van der Waals surface area contributed by atoms with Crippen LogP contribution in [0.3, 0.4) is 0 Å². The molecule has 0 aliphatic carbocycles. The van der Waals surface area contributed by atoms with Gasteiger partial charge in [0, 0.05) is 0 Å². The van der Waals surface area contributed by atoms with E-state index in [-0.39, 0.29) is 43.4 Å². The molecule has 0 bridgehead atoms. The van der Waals surface area contributed by atoms with Gasteiger partial charge in [0.1, 0.15) is 0 Å². The van der Waals surface area contributed by atoms with Gasteiger partial charge in [-0.15, -0.1) is 0 Å². The lowest BCUT2D eigenvalue weighted by atomic mass is 10.0. The monoisotopic (exact) mass is 568 g/mol. The number of unbranched alkanes of at least 4 members (excludes halogenated alkanes) is 18. The van der Waals surface area contributed by atoms with Crippen molar-refractivity contribution in [2.45, 2.75) is 155 Å². The van der Waals surface area contributed by atoms with Crippen molar-refractivity contribution in [3.63, 3.8) is 0 Å². The van der Waals surface area contributed by atoms with Gasteiger partial charge >= 0.3 is 17.9 Å². The number of hydrogen-bond donors (Lipinski definition) is 3. The average Bonchev–Trinajstić information content (AvgIpc) is 2.92. The highest BCUT2D eigenvalue weighted by atomic mass is 16.4. The molecule has 0 unspecified atom stereocenters. The van der Waals surface area contributed by atoms with Gasteiger partial charge in [-0.2, -0.15) is 0 Å². The minimum atomic E-state index is -0.940. The summed E-state index contributed by atoms with van der Waals surface area (Å²) in [6.45, 7) is 3.69. The quantitative estimate of drug-likeness (QED) is 0.0438. The molecule has 0 saturated heterocycles. The van der Waals surface area contributed by atoms with E-state index in [1.54, 1.807) is 0 Å². The Morgan fingerprint density at radius 3 is 1.07 bits per heavy atom. The van der Waals surface area contributed by atoms with E-state index in [4.69, 9.17) is 15.3 Å². The van der Waals surface area contributed by atoms with Crippen molar-refractivity contribution in [2.24, 2.45) is 0 Å².